The number of benzene rings is 5. The second kappa shape index (κ2) is 10.9. The Kier molecular flexibility index (Phi) is 6.68. The fraction of sp³-hybridized carbons (Fsp3) is 0.0952. The highest BCUT2D eigenvalue weighted by Gasteiger charge is 2.29. The Balaban J connectivity index is 1.26. The highest BCUT2D eigenvalue weighted by Crippen LogP contribution is 2.44. The van der Waals surface area contributed by atoms with Crippen LogP contribution in [0.3, 0.4) is 0 Å². The van der Waals surface area contributed by atoms with Crippen LogP contribution in [0, 0.1) is 23.7 Å². The molecule has 0 unspecified atom stereocenters. The summed E-state index contributed by atoms with van der Waals surface area (Å²) in [6.45, 7) is 3.87. The van der Waals surface area contributed by atoms with E-state index < -0.39 is 0 Å². The monoisotopic (exact) mass is 534 g/mol. The molecule has 0 aromatic heterocycles. The maximum atomic E-state index is 3.51. The van der Waals surface area contributed by atoms with Crippen molar-refractivity contribution >= 4 is 23.3 Å². The van der Waals surface area contributed by atoms with Gasteiger partial charge in [0.05, 0.1) is 0 Å². The lowest BCUT2D eigenvalue weighted by Gasteiger charge is -2.14. The van der Waals surface area contributed by atoms with Crippen molar-refractivity contribution < 1.29 is 0 Å². The summed E-state index contributed by atoms with van der Waals surface area (Å²) in [6.07, 6.45) is 6.45. The summed E-state index contributed by atoms with van der Waals surface area (Å²) >= 11 is 0. The van der Waals surface area contributed by atoms with E-state index in [0.717, 1.165) is 24.0 Å². The molecule has 5 aromatic rings. The first-order chi connectivity index (χ1) is 20.7. The summed E-state index contributed by atoms with van der Waals surface area (Å²) in [6, 6.07) is 39.0. The quantitative estimate of drug-likeness (QED) is 0.201. The third kappa shape index (κ3) is 4.59. The van der Waals surface area contributed by atoms with Gasteiger partial charge in [-0.25, -0.2) is 0 Å². The molecule has 0 fully saturated rings. The second-order valence-electron chi connectivity index (χ2n) is 10.9. The Morgan fingerprint density at radius 2 is 0.738 bits per heavy atom. The number of hydrogen-bond donors (Lipinski definition) is 0. The number of hydrogen-bond acceptors (Lipinski definition) is 0. The van der Waals surface area contributed by atoms with Gasteiger partial charge < -0.3 is 0 Å². The van der Waals surface area contributed by atoms with E-state index in [1.54, 1.807) is 0 Å². The Hall–Kier alpha value is -5.30. The summed E-state index contributed by atoms with van der Waals surface area (Å²) in [4.78, 5) is 0. The van der Waals surface area contributed by atoms with Crippen molar-refractivity contribution in [3.63, 3.8) is 0 Å². The molecule has 2 aliphatic rings. The average molecular weight is 535 g/mol. The third-order valence-corrected chi connectivity index (χ3v) is 8.39. The van der Waals surface area contributed by atoms with Crippen LogP contribution in [-0.2, 0) is 12.8 Å². The van der Waals surface area contributed by atoms with E-state index in [9.17, 15) is 0 Å². The molecule has 7 rings (SSSR count). The Bertz CT molecular complexity index is 1840. The summed E-state index contributed by atoms with van der Waals surface area (Å²) in [7, 11) is 0. The summed E-state index contributed by atoms with van der Waals surface area (Å²) in [5, 5.41) is 0. The summed E-state index contributed by atoms with van der Waals surface area (Å²) < 4.78 is 0. The standard InChI is InChI=1S/C42H30/c1-3-11-37-39-25-35(33-21-17-31(18-22-33)29-13-7-5-8-14-29)27-41(39)38(12-4-2)42-28-36(26-40(37)42)34-23-19-32(20-24-34)30-15-9-6-10-16-30/h5-10,13-25,28H,26-27H2,1-2H3. The van der Waals surface area contributed by atoms with Gasteiger partial charge in [-0.15, -0.1) is 11.8 Å². The van der Waals surface area contributed by atoms with Gasteiger partial charge in [-0.2, -0.15) is 0 Å². The molecule has 42 heavy (non-hydrogen) atoms. The number of rotatable bonds is 4. The maximum absolute atomic E-state index is 3.51. The van der Waals surface area contributed by atoms with Gasteiger partial charge >= 0.3 is 0 Å². The first-order valence-electron chi connectivity index (χ1n) is 14.5. The average Bonchev–Trinajstić information content (AvgIpc) is 3.70. The Morgan fingerprint density at radius 3 is 1.10 bits per heavy atom. The van der Waals surface area contributed by atoms with Crippen LogP contribution >= 0.6 is 0 Å². The third-order valence-electron chi connectivity index (χ3n) is 8.39. The van der Waals surface area contributed by atoms with Gasteiger partial charge in [0, 0.05) is 11.1 Å². The van der Waals surface area contributed by atoms with Crippen molar-refractivity contribution in [1.82, 2.24) is 0 Å². The summed E-state index contributed by atoms with van der Waals surface area (Å²) in [5.74, 6) is 13.4. The minimum absolute atomic E-state index is 0.866. The molecular weight excluding hydrogens is 504 g/mol. The van der Waals surface area contributed by atoms with Crippen molar-refractivity contribution in [3.8, 4) is 45.9 Å². The van der Waals surface area contributed by atoms with Crippen LogP contribution in [-0.4, -0.2) is 0 Å². The summed E-state index contributed by atoms with van der Waals surface area (Å²) in [5.41, 5.74) is 17.5. The highest BCUT2D eigenvalue weighted by molar-refractivity contribution is 5.98. The van der Waals surface area contributed by atoms with Gasteiger partial charge in [0.1, 0.15) is 0 Å². The van der Waals surface area contributed by atoms with Crippen LogP contribution in [0.25, 0.3) is 45.6 Å². The Labute approximate surface area is 249 Å². The van der Waals surface area contributed by atoms with Crippen molar-refractivity contribution in [2.24, 2.45) is 0 Å². The first-order valence-corrected chi connectivity index (χ1v) is 14.5. The molecular formula is C42H30. The zero-order valence-corrected chi connectivity index (χ0v) is 24.0. The Morgan fingerprint density at radius 1 is 0.405 bits per heavy atom. The molecule has 0 atom stereocenters. The molecule has 0 heterocycles. The van der Waals surface area contributed by atoms with E-state index in [1.807, 2.05) is 13.8 Å². The van der Waals surface area contributed by atoms with Crippen molar-refractivity contribution in [2.75, 3.05) is 0 Å². The van der Waals surface area contributed by atoms with Gasteiger partial charge in [0.25, 0.3) is 0 Å². The SMILES string of the molecule is CC#Cc1c2c(c(C#CC)c3c1CC(c1ccc(-c4ccccc4)cc1)=C3)CC(c1ccc(-c3ccccc3)cc1)=C2. The molecule has 0 amide bonds. The van der Waals surface area contributed by atoms with Gasteiger partial charge in [-0.05, 0) is 106 Å². The van der Waals surface area contributed by atoms with Crippen molar-refractivity contribution in [1.29, 1.82) is 0 Å². The maximum Gasteiger partial charge on any atom is 0.0362 e. The first kappa shape index (κ1) is 25.7. The molecule has 2 aliphatic carbocycles. The molecule has 0 aliphatic heterocycles. The molecule has 0 spiro atoms. The molecule has 0 bridgehead atoms. The van der Waals surface area contributed by atoms with Gasteiger partial charge in [-0.1, -0.05) is 121 Å². The van der Waals surface area contributed by atoms with Crippen LogP contribution < -0.4 is 0 Å². The molecule has 5 aromatic carbocycles. The van der Waals surface area contributed by atoms with E-state index >= 15 is 0 Å². The van der Waals surface area contributed by atoms with Gasteiger partial charge in [0.15, 0.2) is 0 Å². The predicted molar refractivity (Wildman–Crippen MR) is 178 cm³/mol. The molecule has 0 nitrogen and oxygen atoms in total. The van der Waals surface area contributed by atoms with Crippen molar-refractivity contribution in [2.45, 2.75) is 26.7 Å². The van der Waals surface area contributed by atoms with Crippen LogP contribution in [0.15, 0.2) is 109 Å². The fourth-order valence-electron chi connectivity index (χ4n) is 6.33. The van der Waals surface area contributed by atoms with Gasteiger partial charge in [-0.3, -0.25) is 0 Å². The van der Waals surface area contributed by atoms with E-state index in [-0.39, 0.29) is 0 Å². The zero-order valence-electron chi connectivity index (χ0n) is 24.0. The number of allylic oxidation sites excluding steroid dienone is 2. The lowest BCUT2D eigenvalue weighted by molar-refractivity contribution is 1.23. The largest absolute Gasteiger partial charge is 0.101 e. The lowest BCUT2D eigenvalue weighted by Crippen LogP contribution is -2.02. The van der Waals surface area contributed by atoms with Crippen LogP contribution in [0.1, 0.15) is 58.4 Å². The van der Waals surface area contributed by atoms with Gasteiger partial charge in [0.2, 0.25) is 0 Å². The second-order valence-corrected chi connectivity index (χ2v) is 10.9. The van der Waals surface area contributed by atoms with E-state index in [1.165, 1.54) is 66.8 Å². The minimum atomic E-state index is 0.866. The minimum Gasteiger partial charge on any atom is -0.101 e. The van der Waals surface area contributed by atoms with Crippen molar-refractivity contribution in [3.05, 3.63) is 154 Å². The molecule has 0 N–H and O–H groups in total. The van der Waals surface area contributed by atoms with E-state index in [4.69, 9.17) is 0 Å². The van der Waals surface area contributed by atoms with Crippen LogP contribution in [0.5, 0.6) is 0 Å². The fourth-order valence-corrected chi connectivity index (χ4v) is 6.33. The smallest absolute Gasteiger partial charge is 0.0362 e. The number of fused-ring (bicyclic) bond motifs is 2. The molecule has 0 saturated carbocycles. The normalized spacial score (nSPS) is 12.7. The highest BCUT2D eigenvalue weighted by atomic mass is 14.3. The molecule has 198 valence electrons. The van der Waals surface area contributed by atoms with Crippen LogP contribution in [0.4, 0.5) is 0 Å². The molecule has 0 saturated heterocycles. The van der Waals surface area contributed by atoms with E-state index in [2.05, 4.69) is 145 Å². The molecule has 0 heteroatoms. The van der Waals surface area contributed by atoms with E-state index in [0.29, 0.717) is 0 Å². The zero-order chi connectivity index (χ0) is 28.5. The molecule has 0 radical (unpaired) electrons. The van der Waals surface area contributed by atoms with Crippen LogP contribution in [0.2, 0.25) is 0 Å². The predicted octanol–water partition coefficient (Wildman–Crippen LogP) is 9.96. The lowest BCUT2D eigenvalue weighted by atomic mass is 9.88. The topological polar surface area (TPSA) is 0 Å².